The molecule has 4 rings (SSSR count). The zero-order chi connectivity index (χ0) is 38.1. The Morgan fingerprint density at radius 2 is 1.81 bits per heavy atom. The average molecular weight is 741 g/mol. The molecular weight excluding hydrogens is 689 g/mol. The van der Waals surface area contributed by atoms with Crippen LogP contribution in [0.15, 0.2) is 36.0 Å². The molecule has 3 heterocycles. The Balaban J connectivity index is 1.23. The number of nitrogens with one attached hydrogen (secondary N) is 3. The topological polar surface area (TPSA) is 190 Å². The summed E-state index contributed by atoms with van der Waals surface area (Å²) in [5.74, 6) is -1.09. The van der Waals surface area contributed by atoms with Gasteiger partial charge >= 0.3 is 6.09 Å². The molecule has 4 amide bonds. The molecule has 1 aromatic carbocycles. The van der Waals surface area contributed by atoms with Gasteiger partial charge in [0, 0.05) is 39.0 Å². The average Bonchev–Trinajstić information content (AvgIpc) is 3.81. The van der Waals surface area contributed by atoms with Crippen LogP contribution in [-0.2, 0) is 43.6 Å². The van der Waals surface area contributed by atoms with E-state index in [1.165, 1.54) is 4.90 Å². The number of hydrogen-bond donors (Lipinski definition) is 4. The van der Waals surface area contributed by atoms with Crippen LogP contribution < -0.4 is 16.0 Å². The largest absolute Gasteiger partial charge is 0.444 e. The van der Waals surface area contributed by atoms with Gasteiger partial charge in [-0.2, -0.15) is 0 Å². The van der Waals surface area contributed by atoms with Gasteiger partial charge in [-0.15, -0.1) is 16.4 Å². The van der Waals surface area contributed by atoms with E-state index in [4.69, 9.17) is 9.47 Å². The van der Waals surface area contributed by atoms with Crippen LogP contribution in [0.5, 0.6) is 0 Å². The predicted octanol–water partition coefficient (Wildman–Crippen LogP) is 3.34. The molecule has 2 aromatic heterocycles. The van der Waals surface area contributed by atoms with E-state index in [9.17, 15) is 24.3 Å². The number of aliphatic hydroxyl groups excluding tert-OH is 1. The molecule has 1 aliphatic rings. The highest BCUT2D eigenvalue weighted by molar-refractivity contribution is 7.13. The van der Waals surface area contributed by atoms with E-state index >= 15 is 0 Å². The van der Waals surface area contributed by atoms with Crippen LogP contribution in [-0.4, -0.2) is 97.3 Å². The molecule has 0 saturated carbocycles. The summed E-state index contributed by atoms with van der Waals surface area (Å²) in [6.07, 6.45) is 1.05. The summed E-state index contributed by atoms with van der Waals surface area (Å²) in [5, 5.41) is 27.1. The third-order valence-corrected chi connectivity index (χ3v) is 9.23. The molecule has 15 nitrogen and oxygen atoms in total. The number of hydrogen-bond acceptors (Lipinski definition) is 11. The van der Waals surface area contributed by atoms with Crippen molar-refractivity contribution >= 4 is 35.2 Å². The van der Waals surface area contributed by atoms with Crippen LogP contribution in [0, 0.1) is 12.3 Å². The second-order valence-corrected chi connectivity index (χ2v) is 15.9. The first-order valence-corrected chi connectivity index (χ1v) is 18.4. The Hall–Kier alpha value is -4.41. The third kappa shape index (κ3) is 12.1. The Bertz CT molecular complexity index is 1660. The molecule has 0 bridgehead atoms. The lowest BCUT2D eigenvalue weighted by molar-refractivity contribution is -0.144. The van der Waals surface area contributed by atoms with Gasteiger partial charge in [-0.25, -0.2) is 9.78 Å². The van der Waals surface area contributed by atoms with Gasteiger partial charge in [-0.1, -0.05) is 50.3 Å². The van der Waals surface area contributed by atoms with Gasteiger partial charge in [0.2, 0.25) is 17.7 Å². The number of carbonyl (C=O) groups excluding carboxylic acids is 4. The minimum Gasteiger partial charge on any atom is -0.444 e. The number of aliphatic hydroxyl groups is 1. The zero-order valence-electron chi connectivity index (χ0n) is 31.1. The molecule has 1 fully saturated rings. The standard InChI is InChI=1S/C36H52N8O7S/c1-23-30(52-22-39-23)25-12-10-24(11-13-25)18-38-32(47)28-17-27(45)20-44(28)33(48)31(35(2,3)4)40-29(46)9-8-15-43-19-26(41-42-43)21-50-16-14-37-34(49)51-36(5,6)7/h10-13,19,22,27-28,31,45H,8-9,14-18,20-21H2,1-7H3,(H,37,49)(H,38,47)(H,40,46)/t27-,28+,31-/m1/s1. The fraction of sp³-hybridized carbons (Fsp3) is 0.583. The van der Waals surface area contributed by atoms with Crippen molar-refractivity contribution in [1.29, 1.82) is 0 Å². The molecule has 1 aliphatic heterocycles. The van der Waals surface area contributed by atoms with Crippen molar-refractivity contribution in [1.82, 2.24) is 40.8 Å². The molecule has 4 N–H and O–H groups in total. The highest BCUT2D eigenvalue weighted by Gasteiger charge is 2.44. The van der Waals surface area contributed by atoms with E-state index in [1.807, 2.05) is 57.5 Å². The van der Waals surface area contributed by atoms with Crippen molar-refractivity contribution in [2.24, 2.45) is 5.41 Å². The molecule has 3 aromatic rings. The summed E-state index contributed by atoms with van der Waals surface area (Å²) in [6.45, 7) is 14.3. The van der Waals surface area contributed by atoms with Gasteiger partial charge in [0.25, 0.3) is 0 Å². The summed E-state index contributed by atoms with van der Waals surface area (Å²) >= 11 is 1.57. The second-order valence-electron chi connectivity index (χ2n) is 15.0. The minimum absolute atomic E-state index is 0.000861. The molecule has 52 heavy (non-hydrogen) atoms. The summed E-state index contributed by atoms with van der Waals surface area (Å²) in [5.41, 5.74) is 4.09. The lowest BCUT2D eigenvalue weighted by atomic mass is 9.85. The Kier molecular flexibility index (Phi) is 13.9. The maximum atomic E-state index is 13.9. The van der Waals surface area contributed by atoms with Crippen LogP contribution in [0.2, 0.25) is 0 Å². The van der Waals surface area contributed by atoms with Crippen molar-refractivity contribution < 1.29 is 33.8 Å². The van der Waals surface area contributed by atoms with E-state index in [-0.39, 0.29) is 57.5 Å². The molecule has 0 spiro atoms. The summed E-state index contributed by atoms with van der Waals surface area (Å²) in [7, 11) is 0. The lowest BCUT2D eigenvalue weighted by Gasteiger charge is -2.35. The van der Waals surface area contributed by atoms with Crippen molar-refractivity contribution in [3.8, 4) is 10.4 Å². The smallest absolute Gasteiger partial charge is 0.407 e. The molecule has 284 valence electrons. The maximum absolute atomic E-state index is 13.9. The third-order valence-electron chi connectivity index (χ3n) is 8.25. The van der Waals surface area contributed by atoms with Gasteiger partial charge in [0.05, 0.1) is 41.6 Å². The van der Waals surface area contributed by atoms with Crippen molar-refractivity contribution in [2.45, 2.75) is 111 Å². The van der Waals surface area contributed by atoms with Crippen LogP contribution >= 0.6 is 11.3 Å². The van der Waals surface area contributed by atoms with Crippen molar-refractivity contribution in [3.63, 3.8) is 0 Å². The number of rotatable bonds is 15. The number of aromatic nitrogens is 4. The van der Waals surface area contributed by atoms with Crippen LogP contribution in [0.3, 0.4) is 0 Å². The Morgan fingerprint density at radius 3 is 2.46 bits per heavy atom. The monoisotopic (exact) mass is 740 g/mol. The zero-order valence-corrected chi connectivity index (χ0v) is 31.9. The van der Waals surface area contributed by atoms with Gasteiger partial charge in [-0.05, 0) is 50.7 Å². The number of ether oxygens (including phenoxy) is 2. The van der Waals surface area contributed by atoms with Crippen molar-refractivity contribution in [2.75, 3.05) is 19.7 Å². The normalized spacial score (nSPS) is 16.7. The molecular formula is C36H52N8O7S. The number of aryl methyl sites for hydroxylation is 2. The summed E-state index contributed by atoms with van der Waals surface area (Å²) < 4.78 is 12.3. The highest BCUT2D eigenvalue weighted by atomic mass is 32.1. The first-order valence-electron chi connectivity index (χ1n) is 17.5. The molecule has 0 unspecified atom stereocenters. The second kappa shape index (κ2) is 17.9. The van der Waals surface area contributed by atoms with Crippen molar-refractivity contribution in [3.05, 3.63) is 52.9 Å². The predicted molar refractivity (Wildman–Crippen MR) is 195 cm³/mol. The molecule has 0 radical (unpaired) electrons. The first-order chi connectivity index (χ1) is 24.5. The molecule has 0 aliphatic carbocycles. The molecule has 16 heteroatoms. The summed E-state index contributed by atoms with van der Waals surface area (Å²) in [6, 6.07) is 6.09. The number of thiazole rings is 1. The SMILES string of the molecule is Cc1ncsc1-c1ccc(CNC(=O)[C@@H]2C[C@@H](O)CN2C(=O)[C@@H](NC(=O)CCCn2cc(COCCNC(=O)OC(C)(C)C)nn2)C(C)(C)C)cc1. The van der Waals surface area contributed by atoms with E-state index in [2.05, 4.69) is 31.2 Å². The van der Waals surface area contributed by atoms with Crippen LogP contribution in [0.4, 0.5) is 4.79 Å². The maximum Gasteiger partial charge on any atom is 0.407 e. The minimum atomic E-state index is -0.914. The molecule has 3 atom stereocenters. The van der Waals surface area contributed by atoms with E-state index in [0.29, 0.717) is 18.7 Å². The Labute approximate surface area is 308 Å². The van der Waals surface area contributed by atoms with E-state index in [1.54, 1.807) is 43.0 Å². The number of alkyl carbamates (subject to hydrolysis) is 1. The van der Waals surface area contributed by atoms with Crippen LogP contribution in [0.25, 0.3) is 10.4 Å². The number of likely N-dealkylation sites (tertiary alicyclic amines) is 1. The lowest BCUT2D eigenvalue weighted by Crippen LogP contribution is -2.57. The number of carbonyl (C=O) groups is 4. The van der Waals surface area contributed by atoms with E-state index < -0.39 is 41.2 Å². The number of amides is 4. The van der Waals surface area contributed by atoms with Gasteiger partial charge in [-0.3, -0.25) is 19.1 Å². The number of benzene rings is 1. The Morgan fingerprint density at radius 1 is 1.08 bits per heavy atom. The first kappa shape index (κ1) is 40.4. The van der Waals surface area contributed by atoms with Gasteiger partial charge in [0.15, 0.2) is 0 Å². The summed E-state index contributed by atoms with van der Waals surface area (Å²) in [4.78, 5) is 58.8. The quantitative estimate of drug-likeness (QED) is 0.168. The fourth-order valence-corrected chi connectivity index (χ4v) is 6.46. The van der Waals surface area contributed by atoms with Gasteiger partial charge < -0.3 is 35.4 Å². The fourth-order valence-electron chi connectivity index (χ4n) is 5.65. The number of nitrogens with zero attached hydrogens (tertiary/aromatic N) is 5. The van der Waals surface area contributed by atoms with E-state index in [0.717, 1.165) is 21.7 Å². The number of β-amino-alcohol motifs (C(OH)–C–C–N with tert-alkyl or cyclic N) is 1. The van der Waals surface area contributed by atoms with Crippen LogP contribution in [0.1, 0.15) is 77.8 Å². The molecule has 1 saturated heterocycles. The van der Waals surface area contributed by atoms with Gasteiger partial charge in [0.1, 0.15) is 23.4 Å². The highest BCUT2D eigenvalue weighted by Crippen LogP contribution is 2.28.